The SMILES string of the molecule is CCCNC(=O)CCNCCCCc1ccccc1. The van der Waals surface area contributed by atoms with Crippen LogP contribution in [0.15, 0.2) is 30.3 Å². The van der Waals surface area contributed by atoms with Gasteiger partial charge in [-0.25, -0.2) is 0 Å². The van der Waals surface area contributed by atoms with Crippen molar-refractivity contribution in [1.29, 1.82) is 0 Å². The Morgan fingerprint density at radius 3 is 2.58 bits per heavy atom. The first-order valence-corrected chi connectivity index (χ1v) is 7.34. The lowest BCUT2D eigenvalue weighted by Gasteiger charge is -2.05. The standard InChI is InChI=1S/C16H26N2O/c1-2-12-18-16(19)11-14-17-13-7-6-10-15-8-4-3-5-9-15/h3-5,8-9,17H,2,6-7,10-14H2,1H3,(H,18,19). The molecule has 0 saturated carbocycles. The molecule has 0 fully saturated rings. The molecule has 1 aromatic carbocycles. The molecule has 0 radical (unpaired) electrons. The molecule has 0 aliphatic heterocycles. The zero-order valence-electron chi connectivity index (χ0n) is 12.0. The number of rotatable bonds is 10. The lowest BCUT2D eigenvalue weighted by atomic mass is 10.1. The summed E-state index contributed by atoms with van der Waals surface area (Å²) in [6.07, 6.45) is 5.07. The van der Waals surface area contributed by atoms with Gasteiger partial charge in [0.15, 0.2) is 0 Å². The van der Waals surface area contributed by atoms with Crippen molar-refractivity contribution in [2.75, 3.05) is 19.6 Å². The molecular formula is C16H26N2O. The molecule has 1 aromatic rings. The van der Waals surface area contributed by atoms with Crippen molar-refractivity contribution >= 4 is 5.91 Å². The molecule has 0 aromatic heterocycles. The first-order valence-electron chi connectivity index (χ1n) is 7.34. The highest BCUT2D eigenvalue weighted by atomic mass is 16.1. The third-order valence-corrected chi connectivity index (χ3v) is 3.01. The molecule has 0 heterocycles. The number of benzene rings is 1. The van der Waals surface area contributed by atoms with Crippen LogP contribution in [0.3, 0.4) is 0 Å². The van der Waals surface area contributed by atoms with Crippen molar-refractivity contribution in [2.24, 2.45) is 0 Å². The van der Waals surface area contributed by atoms with Gasteiger partial charge >= 0.3 is 0 Å². The highest BCUT2D eigenvalue weighted by Gasteiger charge is 1.98. The van der Waals surface area contributed by atoms with Gasteiger partial charge in [0.05, 0.1) is 0 Å². The molecule has 2 N–H and O–H groups in total. The monoisotopic (exact) mass is 262 g/mol. The van der Waals surface area contributed by atoms with Crippen molar-refractivity contribution in [3.63, 3.8) is 0 Å². The van der Waals surface area contributed by atoms with E-state index in [4.69, 9.17) is 0 Å². The van der Waals surface area contributed by atoms with Crippen LogP contribution in [0.1, 0.15) is 38.2 Å². The van der Waals surface area contributed by atoms with E-state index in [1.807, 2.05) is 0 Å². The summed E-state index contributed by atoms with van der Waals surface area (Å²) in [4.78, 5) is 11.3. The van der Waals surface area contributed by atoms with Gasteiger partial charge in [0.1, 0.15) is 0 Å². The average Bonchev–Trinajstić information content (AvgIpc) is 2.45. The number of nitrogens with one attached hydrogen (secondary N) is 2. The Morgan fingerprint density at radius 2 is 1.84 bits per heavy atom. The average molecular weight is 262 g/mol. The number of carbonyl (C=O) groups excluding carboxylic acids is 1. The Kier molecular flexibility index (Phi) is 8.73. The van der Waals surface area contributed by atoms with Gasteiger partial charge in [0.25, 0.3) is 0 Å². The molecule has 19 heavy (non-hydrogen) atoms. The number of hydrogen-bond acceptors (Lipinski definition) is 2. The van der Waals surface area contributed by atoms with E-state index >= 15 is 0 Å². The minimum atomic E-state index is 0.152. The van der Waals surface area contributed by atoms with E-state index < -0.39 is 0 Å². The van der Waals surface area contributed by atoms with Crippen molar-refractivity contribution in [3.8, 4) is 0 Å². The molecular weight excluding hydrogens is 236 g/mol. The second-order valence-electron chi connectivity index (χ2n) is 4.79. The van der Waals surface area contributed by atoms with E-state index in [2.05, 4.69) is 47.9 Å². The van der Waals surface area contributed by atoms with Crippen LogP contribution in [0.25, 0.3) is 0 Å². The Morgan fingerprint density at radius 1 is 1.05 bits per heavy atom. The van der Waals surface area contributed by atoms with Gasteiger partial charge in [-0.2, -0.15) is 0 Å². The summed E-state index contributed by atoms with van der Waals surface area (Å²) in [5.74, 6) is 0.152. The van der Waals surface area contributed by atoms with Crippen molar-refractivity contribution in [2.45, 2.75) is 39.0 Å². The van der Waals surface area contributed by atoms with Gasteiger partial charge in [-0.1, -0.05) is 37.3 Å². The number of carbonyl (C=O) groups is 1. The van der Waals surface area contributed by atoms with Crippen LogP contribution in [0.2, 0.25) is 0 Å². The van der Waals surface area contributed by atoms with Crippen LogP contribution in [-0.2, 0) is 11.2 Å². The fourth-order valence-electron chi connectivity index (χ4n) is 1.90. The molecule has 0 atom stereocenters. The first-order chi connectivity index (χ1) is 9.33. The number of aryl methyl sites for hydroxylation is 1. The Bertz CT molecular complexity index is 338. The third kappa shape index (κ3) is 8.38. The first kappa shape index (κ1) is 15.7. The fraction of sp³-hybridized carbons (Fsp3) is 0.562. The zero-order valence-corrected chi connectivity index (χ0v) is 12.0. The van der Waals surface area contributed by atoms with Crippen molar-refractivity contribution < 1.29 is 4.79 Å². The minimum absolute atomic E-state index is 0.152. The van der Waals surface area contributed by atoms with Gasteiger partial charge in [-0.3, -0.25) is 4.79 Å². The molecule has 0 saturated heterocycles. The van der Waals surface area contributed by atoms with Crippen molar-refractivity contribution in [1.82, 2.24) is 10.6 Å². The van der Waals surface area contributed by atoms with E-state index in [1.165, 1.54) is 12.0 Å². The highest BCUT2D eigenvalue weighted by Crippen LogP contribution is 2.03. The van der Waals surface area contributed by atoms with Gasteiger partial charge < -0.3 is 10.6 Å². The minimum Gasteiger partial charge on any atom is -0.356 e. The van der Waals surface area contributed by atoms with Gasteiger partial charge in [0.2, 0.25) is 5.91 Å². The van der Waals surface area contributed by atoms with Crippen LogP contribution in [0.5, 0.6) is 0 Å². The number of unbranched alkanes of at least 4 members (excludes halogenated alkanes) is 1. The Labute approximate surface area is 116 Å². The summed E-state index contributed by atoms with van der Waals surface area (Å²) < 4.78 is 0. The number of amides is 1. The van der Waals surface area contributed by atoms with E-state index in [1.54, 1.807) is 0 Å². The summed E-state index contributed by atoms with van der Waals surface area (Å²) >= 11 is 0. The zero-order chi connectivity index (χ0) is 13.8. The maximum Gasteiger partial charge on any atom is 0.221 e. The molecule has 1 amide bonds. The molecule has 0 aliphatic carbocycles. The third-order valence-electron chi connectivity index (χ3n) is 3.01. The van der Waals surface area contributed by atoms with E-state index in [0.29, 0.717) is 6.42 Å². The van der Waals surface area contributed by atoms with E-state index in [0.717, 1.165) is 38.9 Å². The van der Waals surface area contributed by atoms with E-state index in [-0.39, 0.29) is 5.91 Å². The van der Waals surface area contributed by atoms with Gasteiger partial charge in [-0.05, 0) is 37.8 Å². The van der Waals surface area contributed by atoms with Crippen LogP contribution in [0, 0.1) is 0 Å². The molecule has 0 aliphatic rings. The predicted octanol–water partition coefficient (Wildman–Crippen LogP) is 2.52. The summed E-state index contributed by atoms with van der Waals surface area (Å²) in [7, 11) is 0. The molecule has 0 spiro atoms. The summed E-state index contributed by atoms with van der Waals surface area (Å²) in [5, 5.41) is 6.20. The van der Waals surface area contributed by atoms with Gasteiger partial charge in [-0.15, -0.1) is 0 Å². The Balaban J connectivity index is 1.90. The van der Waals surface area contributed by atoms with Crippen LogP contribution >= 0.6 is 0 Å². The molecule has 3 heteroatoms. The quantitative estimate of drug-likeness (QED) is 0.636. The van der Waals surface area contributed by atoms with Crippen molar-refractivity contribution in [3.05, 3.63) is 35.9 Å². The number of hydrogen-bond donors (Lipinski definition) is 2. The van der Waals surface area contributed by atoms with Crippen LogP contribution < -0.4 is 10.6 Å². The topological polar surface area (TPSA) is 41.1 Å². The maximum atomic E-state index is 11.3. The second kappa shape index (κ2) is 10.6. The lowest BCUT2D eigenvalue weighted by Crippen LogP contribution is -2.28. The normalized spacial score (nSPS) is 10.4. The predicted molar refractivity (Wildman–Crippen MR) is 80.2 cm³/mol. The van der Waals surface area contributed by atoms with Gasteiger partial charge in [0, 0.05) is 19.5 Å². The summed E-state index contributed by atoms with van der Waals surface area (Å²) in [6.45, 7) is 4.62. The lowest BCUT2D eigenvalue weighted by molar-refractivity contribution is -0.120. The second-order valence-corrected chi connectivity index (χ2v) is 4.79. The maximum absolute atomic E-state index is 11.3. The molecule has 3 nitrogen and oxygen atoms in total. The fourth-order valence-corrected chi connectivity index (χ4v) is 1.90. The highest BCUT2D eigenvalue weighted by molar-refractivity contribution is 5.75. The Hall–Kier alpha value is -1.35. The van der Waals surface area contributed by atoms with Crippen LogP contribution in [-0.4, -0.2) is 25.5 Å². The summed E-state index contributed by atoms with van der Waals surface area (Å²) in [5.41, 5.74) is 1.40. The summed E-state index contributed by atoms with van der Waals surface area (Å²) in [6, 6.07) is 10.6. The molecule has 0 unspecified atom stereocenters. The smallest absolute Gasteiger partial charge is 0.221 e. The molecule has 1 rings (SSSR count). The molecule has 106 valence electrons. The largest absolute Gasteiger partial charge is 0.356 e. The molecule has 0 bridgehead atoms. The van der Waals surface area contributed by atoms with Crippen LogP contribution in [0.4, 0.5) is 0 Å². The van der Waals surface area contributed by atoms with E-state index in [9.17, 15) is 4.79 Å².